The van der Waals surface area contributed by atoms with Gasteiger partial charge in [-0.25, -0.2) is 0 Å². The summed E-state index contributed by atoms with van der Waals surface area (Å²) in [5.74, 6) is -0.627. The Morgan fingerprint density at radius 3 is 2.12 bits per heavy atom. The molecule has 0 aliphatic heterocycles. The van der Waals surface area contributed by atoms with Crippen LogP contribution in [0.5, 0.6) is 0 Å². The second kappa shape index (κ2) is 6.62. The van der Waals surface area contributed by atoms with E-state index in [1.165, 1.54) is 0 Å². The van der Waals surface area contributed by atoms with Crippen LogP contribution >= 0.6 is 0 Å². The fourth-order valence-electron chi connectivity index (χ4n) is 1.42. The molecule has 0 aromatic rings. The number of nitrogens with one attached hydrogen (secondary N) is 1. The minimum atomic E-state index is -0.984. The topological polar surface area (TPSA) is 66.4 Å². The van der Waals surface area contributed by atoms with E-state index in [1.54, 1.807) is 6.92 Å². The number of carboxylic acid groups (broad SMARTS) is 1. The Balaban J connectivity index is 4.29. The number of hydrogen-bond acceptors (Lipinski definition) is 2. The van der Waals surface area contributed by atoms with Gasteiger partial charge in [-0.2, -0.15) is 0 Å². The monoisotopic (exact) mass is 243 g/mol. The normalized spacial score (nSPS) is 14.8. The molecule has 1 atom stereocenters. The Kier molecular flexibility index (Phi) is 6.21. The molecule has 0 aliphatic carbocycles. The summed E-state index contributed by atoms with van der Waals surface area (Å²) in [6.45, 7) is 10.1. The Labute approximate surface area is 104 Å². The predicted octanol–water partition coefficient (Wildman–Crippen LogP) is 2.29. The van der Waals surface area contributed by atoms with Gasteiger partial charge in [0.1, 0.15) is 0 Å². The van der Waals surface area contributed by atoms with Crippen molar-refractivity contribution in [3.05, 3.63) is 0 Å². The number of aliphatic carboxylic acids is 1. The lowest BCUT2D eigenvalue weighted by Crippen LogP contribution is -2.39. The van der Waals surface area contributed by atoms with E-state index in [9.17, 15) is 14.7 Å². The maximum absolute atomic E-state index is 11.7. The predicted molar refractivity (Wildman–Crippen MR) is 67.7 cm³/mol. The highest BCUT2D eigenvalue weighted by atomic mass is 16.4. The zero-order valence-corrected chi connectivity index (χ0v) is 11.5. The first-order valence-electron chi connectivity index (χ1n) is 6.20. The standard InChI is InChI=1S/C13H25NO3/c1-9(2)6-7-14-11(15)8-13(5,10(3)4)12(16)17/h9-10H,6-8H2,1-5H3,(H,14,15)(H,16,17). The number of carboxylic acids is 1. The van der Waals surface area contributed by atoms with E-state index in [1.807, 2.05) is 13.8 Å². The van der Waals surface area contributed by atoms with Crippen LogP contribution in [0.4, 0.5) is 0 Å². The van der Waals surface area contributed by atoms with Crippen LogP contribution in [-0.2, 0) is 9.59 Å². The van der Waals surface area contributed by atoms with Crippen molar-refractivity contribution in [1.29, 1.82) is 0 Å². The Hall–Kier alpha value is -1.06. The highest BCUT2D eigenvalue weighted by molar-refractivity contribution is 5.84. The third-order valence-corrected chi connectivity index (χ3v) is 3.33. The molecule has 17 heavy (non-hydrogen) atoms. The van der Waals surface area contributed by atoms with Gasteiger partial charge in [-0.05, 0) is 25.2 Å². The molecule has 2 N–H and O–H groups in total. The minimum Gasteiger partial charge on any atom is -0.481 e. The van der Waals surface area contributed by atoms with E-state index in [0.717, 1.165) is 6.42 Å². The van der Waals surface area contributed by atoms with Crippen molar-refractivity contribution >= 4 is 11.9 Å². The average Bonchev–Trinajstić information content (AvgIpc) is 2.15. The van der Waals surface area contributed by atoms with Crippen molar-refractivity contribution < 1.29 is 14.7 Å². The summed E-state index contributed by atoms with van der Waals surface area (Å²) in [5, 5.41) is 12.0. The van der Waals surface area contributed by atoms with Gasteiger partial charge in [-0.1, -0.05) is 27.7 Å². The molecule has 4 heteroatoms. The summed E-state index contributed by atoms with van der Waals surface area (Å²) < 4.78 is 0. The molecular weight excluding hydrogens is 218 g/mol. The number of amides is 1. The molecule has 0 rings (SSSR count). The maximum Gasteiger partial charge on any atom is 0.310 e. The van der Waals surface area contributed by atoms with Gasteiger partial charge in [0.2, 0.25) is 5.91 Å². The van der Waals surface area contributed by atoms with Gasteiger partial charge in [0, 0.05) is 13.0 Å². The van der Waals surface area contributed by atoms with Gasteiger partial charge in [-0.3, -0.25) is 9.59 Å². The van der Waals surface area contributed by atoms with Gasteiger partial charge >= 0.3 is 5.97 Å². The van der Waals surface area contributed by atoms with Gasteiger partial charge < -0.3 is 10.4 Å². The lowest BCUT2D eigenvalue weighted by atomic mass is 9.76. The van der Waals surface area contributed by atoms with Crippen molar-refractivity contribution in [3.8, 4) is 0 Å². The lowest BCUT2D eigenvalue weighted by Gasteiger charge is -2.28. The van der Waals surface area contributed by atoms with Crippen LogP contribution in [0.2, 0.25) is 0 Å². The molecule has 0 spiro atoms. The molecule has 4 nitrogen and oxygen atoms in total. The molecule has 0 saturated heterocycles. The summed E-state index contributed by atoms with van der Waals surface area (Å²) in [5.41, 5.74) is -0.984. The quantitative estimate of drug-likeness (QED) is 0.721. The molecule has 100 valence electrons. The summed E-state index contributed by atoms with van der Waals surface area (Å²) >= 11 is 0. The Morgan fingerprint density at radius 2 is 1.76 bits per heavy atom. The first kappa shape index (κ1) is 15.9. The van der Waals surface area contributed by atoms with Crippen molar-refractivity contribution in [2.45, 2.75) is 47.5 Å². The lowest BCUT2D eigenvalue weighted by molar-refractivity contribution is -0.153. The molecule has 0 aliphatic rings. The molecule has 0 heterocycles. The molecule has 0 bridgehead atoms. The number of rotatable bonds is 7. The first-order valence-corrected chi connectivity index (χ1v) is 6.20. The second-order valence-corrected chi connectivity index (χ2v) is 5.59. The largest absolute Gasteiger partial charge is 0.481 e. The van der Waals surface area contributed by atoms with Crippen LogP contribution in [0.1, 0.15) is 47.5 Å². The summed E-state index contributed by atoms with van der Waals surface area (Å²) in [6.07, 6.45) is 0.954. The molecular formula is C13H25NO3. The van der Waals surface area contributed by atoms with Crippen LogP contribution in [0.15, 0.2) is 0 Å². The van der Waals surface area contributed by atoms with E-state index in [4.69, 9.17) is 0 Å². The molecule has 0 fully saturated rings. The molecule has 1 amide bonds. The molecule has 0 aromatic carbocycles. The zero-order chi connectivity index (χ0) is 13.6. The summed E-state index contributed by atoms with van der Waals surface area (Å²) in [4.78, 5) is 22.9. The third-order valence-electron chi connectivity index (χ3n) is 3.33. The van der Waals surface area contributed by atoms with Crippen molar-refractivity contribution in [1.82, 2.24) is 5.32 Å². The van der Waals surface area contributed by atoms with E-state index < -0.39 is 11.4 Å². The zero-order valence-electron chi connectivity index (χ0n) is 11.5. The molecule has 0 aromatic heterocycles. The fourth-order valence-corrected chi connectivity index (χ4v) is 1.42. The highest BCUT2D eigenvalue weighted by Gasteiger charge is 2.38. The number of carbonyl (C=O) groups excluding carboxylic acids is 1. The van der Waals surface area contributed by atoms with Gasteiger partial charge in [-0.15, -0.1) is 0 Å². The van der Waals surface area contributed by atoms with Gasteiger partial charge in [0.25, 0.3) is 0 Å². The maximum atomic E-state index is 11.7. The SMILES string of the molecule is CC(C)CCNC(=O)CC(C)(C(=O)O)C(C)C. The first-order chi connectivity index (χ1) is 7.70. The van der Waals surface area contributed by atoms with Crippen molar-refractivity contribution in [2.75, 3.05) is 6.54 Å². The fraction of sp³-hybridized carbons (Fsp3) is 0.846. The summed E-state index contributed by atoms with van der Waals surface area (Å²) in [7, 11) is 0. The number of carbonyl (C=O) groups is 2. The van der Waals surface area contributed by atoms with Crippen LogP contribution in [-0.4, -0.2) is 23.5 Å². The average molecular weight is 243 g/mol. The molecule has 0 saturated carbocycles. The van der Waals surface area contributed by atoms with Crippen LogP contribution in [0.3, 0.4) is 0 Å². The van der Waals surface area contributed by atoms with Crippen LogP contribution < -0.4 is 5.32 Å². The summed E-state index contributed by atoms with van der Waals surface area (Å²) in [6, 6.07) is 0. The van der Waals surface area contributed by atoms with Crippen LogP contribution in [0, 0.1) is 17.3 Å². The van der Waals surface area contributed by atoms with E-state index in [-0.39, 0.29) is 18.2 Å². The van der Waals surface area contributed by atoms with Crippen molar-refractivity contribution in [3.63, 3.8) is 0 Å². The van der Waals surface area contributed by atoms with Crippen LogP contribution in [0.25, 0.3) is 0 Å². The number of hydrogen-bond donors (Lipinski definition) is 2. The highest BCUT2D eigenvalue weighted by Crippen LogP contribution is 2.31. The smallest absolute Gasteiger partial charge is 0.310 e. The Bertz CT molecular complexity index is 274. The van der Waals surface area contributed by atoms with Crippen molar-refractivity contribution in [2.24, 2.45) is 17.3 Å². The van der Waals surface area contributed by atoms with E-state index >= 15 is 0 Å². The Morgan fingerprint density at radius 1 is 1.24 bits per heavy atom. The van der Waals surface area contributed by atoms with Gasteiger partial charge in [0.05, 0.1) is 5.41 Å². The molecule has 0 radical (unpaired) electrons. The third kappa shape index (κ3) is 5.20. The van der Waals surface area contributed by atoms with Gasteiger partial charge in [0.15, 0.2) is 0 Å². The van der Waals surface area contributed by atoms with E-state index in [2.05, 4.69) is 19.2 Å². The minimum absolute atomic E-state index is 0.0398. The van der Waals surface area contributed by atoms with E-state index in [0.29, 0.717) is 12.5 Å². The second-order valence-electron chi connectivity index (χ2n) is 5.59. The molecule has 1 unspecified atom stereocenters.